The van der Waals surface area contributed by atoms with Gasteiger partial charge in [-0.3, -0.25) is 9.59 Å². The lowest BCUT2D eigenvalue weighted by molar-refractivity contribution is -0.114. The number of amides is 2. The quantitative estimate of drug-likeness (QED) is 0.676. The number of hydrogen-bond acceptors (Lipinski definition) is 3. The lowest BCUT2D eigenvalue weighted by Crippen LogP contribution is -2.30. The summed E-state index contributed by atoms with van der Waals surface area (Å²) in [5, 5.41) is 5.73. The van der Waals surface area contributed by atoms with Gasteiger partial charge in [-0.25, -0.2) is 0 Å². The number of hydrogen-bond donors (Lipinski definition) is 2. The number of likely N-dealkylation sites (N-methyl/N-ethyl adjacent to an activating group) is 1. The maximum absolute atomic E-state index is 12.7. The maximum Gasteiger partial charge on any atom is 0.257 e. The van der Waals surface area contributed by atoms with Crippen LogP contribution in [0.15, 0.2) is 78.9 Å². The smallest absolute Gasteiger partial charge is 0.257 e. The molecule has 0 atom stereocenters. The average molecular weight is 373 g/mol. The predicted octanol–water partition coefficient (Wildman–Crippen LogP) is 4.32. The molecule has 142 valence electrons. The van der Waals surface area contributed by atoms with Gasteiger partial charge in [-0.05, 0) is 48.9 Å². The van der Waals surface area contributed by atoms with E-state index in [2.05, 4.69) is 10.6 Å². The Morgan fingerprint density at radius 2 is 1.57 bits per heavy atom. The van der Waals surface area contributed by atoms with Crippen molar-refractivity contribution in [3.8, 4) is 0 Å². The Morgan fingerprint density at radius 1 is 0.857 bits per heavy atom. The Hall–Kier alpha value is -3.60. The Labute approximate surface area is 165 Å². The number of nitrogens with one attached hydrogen (secondary N) is 2. The van der Waals surface area contributed by atoms with Crippen LogP contribution >= 0.6 is 0 Å². The molecule has 0 saturated carbocycles. The Morgan fingerprint density at radius 3 is 2.32 bits per heavy atom. The monoisotopic (exact) mass is 373 g/mol. The van der Waals surface area contributed by atoms with Crippen molar-refractivity contribution in [2.45, 2.75) is 6.92 Å². The van der Waals surface area contributed by atoms with Crippen LogP contribution < -0.4 is 15.5 Å². The Kier molecular flexibility index (Phi) is 6.07. The average Bonchev–Trinajstić information content (AvgIpc) is 2.69. The predicted molar refractivity (Wildman–Crippen MR) is 114 cm³/mol. The third kappa shape index (κ3) is 4.98. The zero-order chi connectivity index (χ0) is 19.9. The number of carbonyl (C=O) groups excluding carboxylic acids is 2. The summed E-state index contributed by atoms with van der Waals surface area (Å²) in [6.45, 7) is 2.14. The van der Waals surface area contributed by atoms with Gasteiger partial charge in [0.15, 0.2) is 0 Å². The van der Waals surface area contributed by atoms with Gasteiger partial charge in [0.05, 0.1) is 17.8 Å². The molecule has 0 unspecified atom stereocenters. The molecule has 0 aliphatic heterocycles. The van der Waals surface area contributed by atoms with E-state index in [4.69, 9.17) is 0 Å². The van der Waals surface area contributed by atoms with E-state index < -0.39 is 0 Å². The highest BCUT2D eigenvalue weighted by atomic mass is 16.2. The standard InChI is InChI=1S/C23H23N3O2/c1-17-9-8-10-18(15-17)24-23(28)20-13-6-7-14-21(20)25-22(27)16-26(2)19-11-4-3-5-12-19/h3-15H,16H2,1-2H3,(H,24,28)(H,25,27). The van der Waals surface area contributed by atoms with Gasteiger partial charge in [0.2, 0.25) is 5.91 Å². The van der Waals surface area contributed by atoms with Gasteiger partial charge in [0.25, 0.3) is 5.91 Å². The highest BCUT2D eigenvalue weighted by molar-refractivity contribution is 6.10. The fourth-order valence-corrected chi connectivity index (χ4v) is 2.89. The first-order valence-electron chi connectivity index (χ1n) is 9.06. The van der Waals surface area contributed by atoms with Crippen LogP contribution in [0, 0.1) is 6.92 Å². The van der Waals surface area contributed by atoms with E-state index in [0.29, 0.717) is 11.3 Å². The molecule has 0 heterocycles. The van der Waals surface area contributed by atoms with Crippen LogP contribution in [0.4, 0.5) is 17.1 Å². The van der Waals surface area contributed by atoms with Crippen molar-refractivity contribution >= 4 is 28.9 Å². The van der Waals surface area contributed by atoms with Gasteiger partial charge < -0.3 is 15.5 Å². The molecule has 28 heavy (non-hydrogen) atoms. The number of nitrogens with zero attached hydrogens (tertiary/aromatic N) is 1. The van der Waals surface area contributed by atoms with Crippen LogP contribution in [0.5, 0.6) is 0 Å². The maximum atomic E-state index is 12.7. The van der Waals surface area contributed by atoms with E-state index >= 15 is 0 Å². The zero-order valence-electron chi connectivity index (χ0n) is 16.0. The number of rotatable bonds is 6. The Balaban J connectivity index is 1.69. The minimum Gasteiger partial charge on any atom is -0.365 e. The van der Waals surface area contributed by atoms with Crippen molar-refractivity contribution in [1.29, 1.82) is 0 Å². The summed E-state index contributed by atoms with van der Waals surface area (Å²) in [5.74, 6) is -0.458. The van der Waals surface area contributed by atoms with Crippen LogP contribution in [0.3, 0.4) is 0 Å². The van der Waals surface area contributed by atoms with Crippen LogP contribution in [0.2, 0.25) is 0 Å². The molecule has 3 rings (SSSR count). The van der Waals surface area contributed by atoms with E-state index in [9.17, 15) is 9.59 Å². The second-order valence-corrected chi connectivity index (χ2v) is 6.61. The zero-order valence-corrected chi connectivity index (χ0v) is 16.0. The van der Waals surface area contributed by atoms with Crippen molar-refractivity contribution < 1.29 is 9.59 Å². The molecule has 0 radical (unpaired) electrons. The molecule has 3 aromatic carbocycles. The molecular weight excluding hydrogens is 350 g/mol. The van der Waals surface area contributed by atoms with E-state index in [-0.39, 0.29) is 18.4 Å². The molecule has 2 N–H and O–H groups in total. The fourth-order valence-electron chi connectivity index (χ4n) is 2.89. The normalized spacial score (nSPS) is 10.2. The van der Waals surface area contributed by atoms with Gasteiger partial charge in [0.1, 0.15) is 0 Å². The Bertz CT molecular complexity index is 970. The van der Waals surface area contributed by atoms with Gasteiger partial charge >= 0.3 is 0 Å². The van der Waals surface area contributed by atoms with Gasteiger partial charge in [0, 0.05) is 18.4 Å². The highest BCUT2D eigenvalue weighted by Gasteiger charge is 2.14. The molecule has 0 spiro atoms. The SMILES string of the molecule is Cc1cccc(NC(=O)c2ccccc2NC(=O)CN(C)c2ccccc2)c1. The highest BCUT2D eigenvalue weighted by Crippen LogP contribution is 2.18. The molecule has 5 heteroatoms. The molecule has 5 nitrogen and oxygen atoms in total. The molecule has 3 aromatic rings. The van der Waals surface area contributed by atoms with Crippen molar-refractivity contribution in [1.82, 2.24) is 0 Å². The fraction of sp³-hybridized carbons (Fsp3) is 0.130. The molecule has 0 saturated heterocycles. The molecule has 0 bridgehead atoms. The van der Waals surface area contributed by atoms with E-state index in [1.807, 2.05) is 73.5 Å². The lowest BCUT2D eigenvalue weighted by Gasteiger charge is -2.19. The first-order chi connectivity index (χ1) is 13.5. The second-order valence-electron chi connectivity index (χ2n) is 6.61. The minimum atomic E-state index is -0.266. The number of carbonyl (C=O) groups is 2. The molecular formula is C23H23N3O2. The number of anilines is 3. The summed E-state index contributed by atoms with van der Waals surface area (Å²) >= 11 is 0. The van der Waals surface area contributed by atoms with E-state index in [0.717, 1.165) is 16.9 Å². The first-order valence-corrected chi connectivity index (χ1v) is 9.06. The van der Waals surface area contributed by atoms with Crippen molar-refractivity contribution in [3.63, 3.8) is 0 Å². The van der Waals surface area contributed by atoms with Crippen molar-refractivity contribution in [3.05, 3.63) is 90.0 Å². The first kappa shape index (κ1) is 19.2. The number of benzene rings is 3. The molecule has 0 fully saturated rings. The van der Waals surface area contributed by atoms with Gasteiger partial charge in [-0.15, -0.1) is 0 Å². The summed E-state index contributed by atoms with van der Waals surface area (Å²) < 4.78 is 0. The number of para-hydroxylation sites is 2. The molecule has 2 amide bonds. The van der Waals surface area contributed by atoms with Crippen LogP contribution in [0.1, 0.15) is 15.9 Å². The van der Waals surface area contributed by atoms with Crippen LogP contribution in [0.25, 0.3) is 0 Å². The van der Waals surface area contributed by atoms with E-state index in [1.165, 1.54) is 0 Å². The summed E-state index contributed by atoms with van der Waals surface area (Å²) in [7, 11) is 1.85. The topological polar surface area (TPSA) is 61.4 Å². The largest absolute Gasteiger partial charge is 0.365 e. The number of aryl methyl sites for hydroxylation is 1. The second kappa shape index (κ2) is 8.86. The summed E-state index contributed by atoms with van der Waals surface area (Å²) in [5.41, 5.74) is 3.63. The van der Waals surface area contributed by atoms with Crippen LogP contribution in [-0.2, 0) is 4.79 Å². The van der Waals surface area contributed by atoms with Crippen molar-refractivity contribution in [2.75, 3.05) is 29.1 Å². The molecule has 0 aromatic heterocycles. The lowest BCUT2D eigenvalue weighted by atomic mass is 10.1. The summed E-state index contributed by atoms with van der Waals surface area (Å²) in [4.78, 5) is 27.0. The summed E-state index contributed by atoms with van der Waals surface area (Å²) in [6, 6.07) is 24.2. The van der Waals surface area contributed by atoms with Crippen LogP contribution in [-0.4, -0.2) is 25.4 Å². The minimum absolute atomic E-state index is 0.178. The molecule has 0 aliphatic rings. The van der Waals surface area contributed by atoms with Gasteiger partial charge in [-0.1, -0.05) is 42.5 Å². The van der Waals surface area contributed by atoms with E-state index in [1.54, 1.807) is 24.3 Å². The van der Waals surface area contributed by atoms with Crippen molar-refractivity contribution in [2.24, 2.45) is 0 Å². The van der Waals surface area contributed by atoms with Gasteiger partial charge in [-0.2, -0.15) is 0 Å². The third-order valence-electron chi connectivity index (χ3n) is 4.30. The third-order valence-corrected chi connectivity index (χ3v) is 4.30. The summed E-state index contributed by atoms with van der Waals surface area (Å²) in [6.07, 6.45) is 0. The molecule has 0 aliphatic carbocycles.